The van der Waals surface area contributed by atoms with Gasteiger partial charge < -0.3 is 20.4 Å². The summed E-state index contributed by atoms with van der Waals surface area (Å²) in [4.78, 5) is 11.5. The van der Waals surface area contributed by atoms with E-state index in [0.717, 1.165) is 0 Å². The maximum atomic E-state index is 10.3. The van der Waals surface area contributed by atoms with Crippen LogP contribution in [0.2, 0.25) is 0 Å². The van der Waals surface area contributed by atoms with Gasteiger partial charge in [-0.25, -0.2) is 0 Å². The molecule has 0 aromatic rings. The molecule has 0 fully saturated rings. The second-order valence-electron chi connectivity index (χ2n) is 2.92. The molecular weight excluding hydrogens is 178 g/mol. The quantitative estimate of drug-likeness (QED) is 0.366. The maximum absolute atomic E-state index is 10.3. The molecule has 6 nitrogen and oxygen atoms in total. The van der Waals surface area contributed by atoms with Gasteiger partial charge in [-0.3, -0.25) is 9.69 Å². The molecule has 0 bridgehead atoms. The Labute approximate surface area is 76.0 Å². The van der Waals surface area contributed by atoms with Gasteiger partial charge in [-0.2, -0.15) is 0 Å². The van der Waals surface area contributed by atoms with Crippen LogP contribution in [0.1, 0.15) is 6.92 Å². The lowest BCUT2D eigenvalue weighted by molar-refractivity contribution is -0.140. The third-order valence-corrected chi connectivity index (χ3v) is 1.30. The summed E-state index contributed by atoms with van der Waals surface area (Å²) in [5, 5.41) is 34.5. The number of hydrogen-bond acceptors (Lipinski definition) is 5. The van der Waals surface area contributed by atoms with Crippen LogP contribution < -0.4 is 0 Å². The van der Waals surface area contributed by atoms with Gasteiger partial charge in [-0.05, 0) is 6.92 Å². The fraction of sp³-hybridized carbons (Fsp3) is 0.857. The van der Waals surface area contributed by atoms with E-state index in [9.17, 15) is 4.79 Å². The molecule has 78 valence electrons. The number of aliphatic hydroxyl groups excluding tert-OH is 2. The number of aliphatic carboxylic acids is 1. The minimum Gasteiger partial charge on any atom is -0.480 e. The summed E-state index contributed by atoms with van der Waals surface area (Å²) >= 11 is 0. The highest BCUT2D eigenvalue weighted by Crippen LogP contribution is 1.93. The predicted molar refractivity (Wildman–Crippen MR) is 44.0 cm³/mol. The minimum atomic E-state index is -1.59. The van der Waals surface area contributed by atoms with Gasteiger partial charge in [-0.15, -0.1) is 0 Å². The Hall–Kier alpha value is -0.690. The van der Waals surface area contributed by atoms with E-state index in [-0.39, 0.29) is 19.6 Å². The number of hydrogen-bond donors (Lipinski definition) is 4. The van der Waals surface area contributed by atoms with Crippen molar-refractivity contribution in [2.24, 2.45) is 0 Å². The van der Waals surface area contributed by atoms with E-state index in [1.165, 1.54) is 11.8 Å². The van der Waals surface area contributed by atoms with Crippen molar-refractivity contribution < 1.29 is 25.2 Å². The summed E-state index contributed by atoms with van der Waals surface area (Å²) < 4.78 is 0. The average Bonchev–Trinajstić information content (AvgIpc) is 1.80. The van der Waals surface area contributed by atoms with E-state index in [2.05, 4.69) is 0 Å². The molecule has 0 aliphatic carbocycles. The van der Waals surface area contributed by atoms with Crippen LogP contribution in [0.4, 0.5) is 0 Å². The Morgan fingerprint density at radius 1 is 1.31 bits per heavy atom. The van der Waals surface area contributed by atoms with Crippen LogP contribution in [-0.4, -0.2) is 63.3 Å². The molecule has 0 rings (SSSR count). The van der Waals surface area contributed by atoms with Gasteiger partial charge in [0.1, 0.15) is 0 Å². The number of carboxylic acid groups (broad SMARTS) is 1. The monoisotopic (exact) mass is 193 g/mol. The number of carbonyl (C=O) groups is 1. The molecule has 1 atom stereocenters. The fourth-order valence-corrected chi connectivity index (χ4v) is 1.000. The number of nitrogens with zero attached hydrogens (tertiary/aromatic N) is 1. The SMILES string of the molecule is CC(O)CN(CC(=O)O)CC(O)O. The van der Waals surface area contributed by atoms with E-state index in [0.29, 0.717) is 0 Å². The molecule has 6 heteroatoms. The first kappa shape index (κ1) is 12.3. The summed E-state index contributed by atoms with van der Waals surface area (Å²) in [6.45, 7) is 1.10. The second-order valence-corrected chi connectivity index (χ2v) is 2.92. The van der Waals surface area contributed by atoms with Gasteiger partial charge in [0.15, 0.2) is 6.29 Å². The largest absolute Gasteiger partial charge is 0.480 e. The van der Waals surface area contributed by atoms with Gasteiger partial charge in [0.2, 0.25) is 0 Å². The molecule has 1 unspecified atom stereocenters. The van der Waals surface area contributed by atoms with Gasteiger partial charge in [0.25, 0.3) is 0 Å². The predicted octanol–water partition coefficient (Wildman–Crippen LogP) is -1.94. The van der Waals surface area contributed by atoms with E-state index in [1.807, 2.05) is 0 Å². The molecule has 0 aromatic carbocycles. The Morgan fingerprint density at radius 3 is 2.15 bits per heavy atom. The Bertz CT molecular complexity index is 149. The number of aliphatic hydroxyl groups is 3. The van der Waals surface area contributed by atoms with Crippen LogP contribution in [0.15, 0.2) is 0 Å². The lowest BCUT2D eigenvalue weighted by Gasteiger charge is -2.22. The Morgan fingerprint density at radius 2 is 1.85 bits per heavy atom. The third kappa shape index (κ3) is 7.66. The molecule has 0 spiro atoms. The zero-order chi connectivity index (χ0) is 10.4. The molecular formula is C7H15NO5. The van der Waals surface area contributed by atoms with Crippen LogP contribution in [0, 0.1) is 0 Å². The fourth-order valence-electron chi connectivity index (χ4n) is 1.000. The van der Waals surface area contributed by atoms with Gasteiger partial charge in [-0.1, -0.05) is 0 Å². The van der Waals surface area contributed by atoms with Crippen molar-refractivity contribution in [3.05, 3.63) is 0 Å². The molecule has 13 heavy (non-hydrogen) atoms. The molecule has 0 radical (unpaired) electrons. The normalized spacial score (nSPS) is 13.7. The van der Waals surface area contributed by atoms with Crippen molar-refractivity contribution in [3.63, 3.8) is 0 Å². The number of rotatable bonds is 6. The van der Waals surface area contributed by atoms with Crippen molar-refractivity contribution in [2.75, 3.05) is 19.6 Å². The topological polar surface area (TPSA) is 101 Å². The molecule has 0 saturated carbocycles. The highest BCUT2D eigenvalue weighted by atomic mass is 16.5. The molecule has 0 saturated heterocycles. The second kappa shape index (κ2) is 5.87. The summed E-state index contributed by atoms with van der Waals surface area (Å²) in [7, 11) is 0. The van der Waals surface area contributed by atoms with E-state index in [1.54, 1.807) is 0 Å². The van der Waals surface area contributed by atoms with Crippen LogP contribution in [0.25, 0.3) is 0 Å². The zero-order valence-corrected chi connectivity index (χ0v) is 7.42. The lowest BCUT2D eigenvalue weighted by atomic mass is 10.3. The van der Waals surface area contributed by atoms with Crippen LogP contribution in [-0.2, 0) is 4.79 Å². The summed E-state index contributed by atoms with van der Waals surface area (Å²) in [5.41, 5.74) is 0. The van der Waals surface area contributed by atoms with Crippen molar-refractivity contribution >= 4 is 5.97 Å². The van der Waals surface area contributed by atoms with Crippen molar-refractivity contribution in [2.45, 2.75) is 19.3 Å². The highest BCUT2D eigenvalue weighted by Gasteiger charge is 2.14. The van der Waals surface area contributed by atoms with Gasteiger partial charge >= 0.3 is 5.97 Å². The summed E-state index contributed by atoms with van der Waals surface area (Å²) in [6, 6.07) is 0. The first-order valence-corrected chi connectivity index (χ1v) is 3.90. The van der Waals surface area contributed by atoms with Crippen molar-refractivity contribution in [1.29, 1.82) is 0 Å². The Balaban J connectivity index is 3.95. The van der Waals surface area contributed by atoms with E-state index < -0.39 is 18.4 Å². The van der Waals surface area contributed by atoms with Crippen molar-refractivity contribution in [3.8, 4) is 0 Å². The molecule has 0 heterocycles. The molecule has 0 amide bonds. The summed E-state index contributed by atoms with van der Waals surface area (Å²) in [6.07, 6.45) is -2.28. The third-order valence-electron chi connectivity index (χ3n) is 1.30. The minimum absolute atomic E-state index is 0.101. The smallest absolute Gasteiger partial charge is 0.317 e. The lowest BCUT2D eigenvalue weighted by Crippen LogP contribution is -2.40. The first-order valence-electron chi connectivity index (χ1n) is 3.90. The zero-order valence-electron chi connectivity index (χ0n) is 7.42. The average molecular weight is 193 g/mol. The van der Waals surface area contributed by atoms with Gasteiger partial charge in [0.05, 0.1) is 12.6 Å². The van der Waals surface area contributed by atoms with E-state index >= 15 is 0 Å². The van der Waals surface area contributed by atoms with Gasteiger partial charge in [0, 0.05) is 13.1 Å². The standard InChI is InChI=1S/C7H15NO5/c1-5(9)2-8(3-6(10)11)4-7(12)13/h5-6,9-11H,2-4H2,1H3,(H,12,13). The highest BCUT2D eigenvalue weighted by molar-refractivity contribution is 5.69. The summed E-state index contributed by atoms with van der Waals surface area (Å²) in [5.74, 6) is -1.07. The van der Waals surface area contributed by atoms with Crippen LogP contribution >= 0.6 is 0 Å². The molecule has 0 aromatic heterocycles. The number of carboxylic acids is 1. The molecule has 0 aliphatic heterocycles. The first-order chi connectivity index (χ1) is 5.91. The molecule has 4 N–H and O–H groups in total. The van der Waals surface area contributed by atoms with E-state index in [4.69, 9.17) is 20.4 Å². The maximum Gasteiger partial charge on any atom is 0.317 e. The molecule has 0 aliphatic rings. The van der Waals surface area contributed by atoms with Crippen LogP contribution in [0.3, 0.4) is 0 Å². The van der Waals surface area contributed by atoms with Crippen LogP contribution in [0.5, 0.6) is 0 Å². The Kier molecular flexibility index (Phi) is 5.56. The van der Waals surface area contributed by atoms with Crippen molar-refractivity contribution in [1.82, 2.24) is 4.90 Å².